The van der Waals surface area contributed by atoms with E-state index in [1.807, 2.05) is 6.92 Å². The highest BCUT2D eigenvalue weighted by molar-refractivity contribution is 7.91. The van der Waals surface area contributed by atoms with Gasteiger partial charge in [0.2, 0.25) is 26.6 Å². The van der Waals surface area contributed by atoms with Gasteiger partial charge in [-0.15, -0.1) is 0 Å². The van der Waals surface area contributed by atoms with Gasteiger partial charge in [0.25, 0.3) is 0 Å². The number of aromatic nitrogens is 1. The first-order chi connectivity index (χ1) is 15.5. The molecule has 3 aromatic rings. The van der Waals surface area contributed by atoms with Gasteiger partial charge in [0.1, 0.15) is 19.0 Å². The predicted octanol–water partition coefficient (Wildman–Crippen LogP) is 3.92. The van der Waals surface area contributed by atoms with Crippen LogP contribution < -0.4 is 14.8 Å². The Balaban J connectivity index is 1.71. The molecule has 10 heteroatoms. The number of fused-ring (bicyclic) bond motifs is 1. The minimum absolute atomic E-state index is 0.0347. The van der Waals surface area contributed by atoms with Gasteiger partial charge in [0.15, 0.2) is 11.5 Å². The molecule has 0 saturated heterocycles. The molecule has 0 saturated carbocycles. The second-order valence-corrected chi connectivity index (χ2v) is 8.78. The molecule has 0 fully saturated rings. The summed E-state index contributed by atoms with van der Waals surface area (Å²) in [6.07, 6.45) is 0.618. The van der Waals surface area contributed by atoms with Crippen molar-refractivity contribution in [1.82, 2.24) is 4.98 Å². The topological polar surface area (TPSA) is 99.9 Å². The molecule has 2 heterocycles. The van der Waals surface area contributed by atoms with Crippen molar-refractivity contribution in [2.24, 2.45) is 0 Å². The van der Waals surface area contributed by atoms with Crippen LogP contribution in [0.25, 0.3) is 11.5 Å². The summed E-state index contributed by atoms with van der Waals surface area (Å²) < 4.78 is 63.1. The molecule has 1 aromatic heterocycles. The van der Waals surface area contributed by atoms with Crippen LogP contribution in [-0.4, -0.2) is 46.4 Å². The van der Waals surface area contributed by atoms with E-state index in [1.165, 1.54) is 36.4 Å². The van der Waals surface area contributed by atoms with E-state index in [0.29, 0.717) is 50.9 Å². The summed E-state index contributed by atoms with van der Waals surface area (Å²) in [6.45, 7) is 4.08. The molecule has 2 aromatic carbocycles. The average Bonchev–Trinajstić information content (AvgIpc) is 3.23. The maximum atomic E-state index is 14.3. The van der Waals surface area contributed by atoms with Gasteiger partial charge < -0.3 is 23.9 Å². The normalized spacial score (nSPS) is 13.2. The number of hydrogen-bond acceptors (Lipinski definition) is 8. The molecule has 0 bridgehead atoms. The third kappa shape index (κ3) is 4.56. The second kappa shape index (κ2) is 9.58. The van der Waals surface area contributed by atoms with Gasteiger partial charge in [0, 0.05) is 25.8 Å². The lowest BCUT2D eigenvalue weighted by Crippen LogP contribution is -2.16. The maximum Gasteiger partial charge on any atom is 0.233 e. The van der Waals surface area contributed by atoms with Crippen LogP contribution in [0.2, 0.25) is 0 Å². The van der Waals surface area contributed by atoms with Crippen LogP contribution in [0, 0.1) is 5.82 Å². The lowest BCUT2D eigenvalue weighted by molar-refractivity contribution is 0.147. The van der Waals surface area contributed by atoms with Gasteiger partial charge in [-0.1, -0.05) is 12.1 Å². The fourth-order valence-electron chi connectivity index (χ4n) is 3.17. The fraction of sp³-hybridized carbons (Fsp3) is 0.318. The highest BCUT2D eigenvalue weighted by Crippen LogP contribution is 2.37. The van der Waals surface area contributed by atoms with Crippen molar-refractivity contribution in [3.8, 4) is 23.0 Å². The van der Waals surface area contributed by atoms with Crippen LogP contribution in [0.15, 0.2) is 56.8 Å². The highest BCUT2D eigenvalue weighted by Gasteiger charge is 2.30. The van der Waals surface area contributed by atoms with E-state index in [4.69, 9.17) is 18.6 Å². The third-order valence-corrected chi connectivity index (χ3v) is 6.39. The van der Waals surface area contributed by atoms with Crippen LogP contribution in [-0.2, 0) is 14.6 Å². The molecule has 1 N–H and O–H groups in total. The number of nitrogens with one attached hydrogen (secondary N) is 1. The van der Waals surface area contributed by atoms with Crippen molar-refractivity contribution in [2.45, 2.75) is 23.3 Å². The number of anilines is 1. The highest BCUT2D eigenvalue weighted by atomic mass is 32.2. The van der Waals surface area contributed by atoms with Crippen LogP contribution >= 0.6 is 0 Å². The van der Waals surface area contributed by atoms with E-state index in [0.717, 1.165) is 0 Å². The van der Waals surface area contributed by atoms with Gasteiger partial charge in [-0.25, -0.2) is 12.8 Å². The zero-order chi connectivity index (χ0) is 22.6. The maximum absolute atomic E-state index is 14.3. The van der Waals surface area contributed by atoms with Gasteiger partial charge >= 0.3 is 0 Å². The molecule has 0 atom stereocenters. The Kier molecular flexibility index (Phi) is 6.61. The summed E-state index contributed by atoms with van der Waals surface area (Å²) in [5, 5.41) is 2.62. The zero-order valence-corrected chi connectivity index (χ0v) is 18.3. The lowest BCUT2D eigenvalue weighted by atomic mass is 10.2. The Morgan fingerprint density at radius 2 is 1.91 bits per heavy atom. The number of hydrogen-bond donors (Lipinski definition) is 1. The molecule has 8 nitrogen and oxygen atoms in total. The Morgan fingerprint density at radius 1 is 1.12 bits per heavy atom. The number of benzene rings is 2. The second-order valence-electron chi connectivity index (χ2n) is 6.92. The summed E-state index contributed by atoms with van der Waals surface area (Å²) in [4.78, 5) is 4.12. The molecule has 0 radical (unpaired) electrons. The van der Waals surface area contributed by atoms with E-state index in [9.17, 15) is 12.8 Å². The van der Waals surface area contributed by atoms with Crippen LogP contribution in [0.5, 0.6) is 11.5 Å². The SMILES string of the molecule is CCOCCCNc1oc(-c2ccccc2F)nc1S(=O)(=O)c1ccc2c(c1)OCCO2. The van der Waals surface area contributed by atoms with E-state index in [-0.39, 0.29) is 27.3 Å². The minimum atomic E-state index is -4.11. The van der Waals surface area contributed by atoms with Crippen molar-refractivity contribution in [2.75, 3.05) is 38.3 Å². The molecule has 1 aliphatic heterocycles. The summed E-state index contributed by atoms with van der Waals surface area (Å²) in [6, 6.07) is 10.2. The number of nitrogens with zero attached hydrogens (tertiary/aromatic N) is 1. The van der Waals surface area contributed by atoms with Crippen LogP contribution in [0.3, 0.4) is 0 Å². The van der Waals surface area contributed by atoms with Gasteiger partial charge in [-0.2, -0.15) is 4.98 Å². The first-order valence-corrected chi connectivity index (χ1v) is 11.7. The quantitative estimate of drug-likeness (QED) is 0.478. The third-order valence-electron chi connectivity index (χ3n) is 4.73. The van der Waals surface area contributed by atoms with Crippen molar-refractivity contribution >= 4 is 15.7 Å². The average molecular weight is 462 g/mol. The van der Waals surface area contributed by atoms with Crippen molar-refractivity contribution in [1.29, 1.82) is 0 Å². The molecule has 32 heavy (non-hydrogen) atoms. The van der Waals surface area contributed by atoms with Crippen molar-refractivity contribution < 1.29 is 31.4 Å². The Morgan fingerprint density at radius 3 is 2.69 bits per heavy atom. The van der Waals surface area contributed by atoms with Crippen LogP contribution in [0.1, 0.15) is 13.3 Å². The molecular formula is C22H23FN2O6S. The Hall–Kier alpha value is -3.11. The standard InChI is InChI=1S/C22H23FN2O6S/c1-2-28-11-5-10-24-21-22(25-20(31-21)16-6-3-4-7-17(16)23)32(26,27)15-8-9-18-19(14-15)30-13-12-29-18/h3-4,6-9,14,24H,2,5,10-13H2,1H3. The Bertz CT molecular complexity index is 1190. The summed E-state index contributed by atoms with van der Waals surface area (Å²) in [5.41, 5.74) is 0.0634. The van der Waals surface area contributed by atoms with Crippen molar-refractivity contribution in [3.63, 3.8) is 0 Å². The molecule has 4 rings (SSSR count). The van der Waals surface area contributed by atoms with E-state index in [1.54, 1.807) is 6.07 Å². The predicted molar refractivity (Wildman–Crippen MR) is 114 cm³/mol. The van der Waals surface area contributed by atoms with Gasteiger partial charge in [-0.3, -0.25) is 0 Å². The fourth-order valence-corrected chi connectivity index (χ4v) is 4.47. The molecule has 0 amide bonds. The smallest absolute Gasteiger partial charge is 0.233 e. The van der Waals surface area contributed by atoms with Crippen LogP contribution in [0.4, 0.5) is 10.3 Å². The zero-order valence-electron chi connectivity index (χ0n) is 17.5. The number of ether oxygens (including phenoxy) is 3. The van der Waals surface area contributed by atoms with Crippen molar-refractivity contribution in [3.05, 3.63) is 48.3 Å². The first kappa shape index (κ1) is 22.1. The van der Waals surface area contributed by atoms with E-state index < -0.39 is 15.7 Å². The number of sulfone groups is 1. The Labute approximate surface area is 185 Å². The van der Waals surface area contributed by atoms with E-state index >= 15 is 0 Å². The lowest BCUT2D eigenvalue weighted by Gasteiger charge is -2.18. The summed E-state index contributed by atoms with van der Waals surface area (Å²) in [5.74, 6) is 0.0409. The minimum Gasteiger partial charge on any atom is -0.486 e. The van der Waals surface area contributed by atoms with Gasteiger partial charge in [0.05, 0.1) is 10.5 Å². The molecule has 0 aliphatic carbocycles. The number of oxazole rings is 1. The molecule has 1 aliphatic rings. The largest absolute Gasteiger partial charge is 0.486 e. The monoisotopic (exact) mass is 462 g/mol. The summed E-state index contributed by atoms with van der Waals surface area (Å²) >= 11 is 0. The molecule has 170 valence electrons. The molecular weight excluding hydrogens is 439 g/mol. The van der Waals surface area contributed by atoms with E-state index in [2.05, 4.69) is 10.3 Å². The number of rotatable bonds is 9. The first-order valence-electron chi connectivity index (χ1n) is 10.2. The molecule has 0 spiro atoms. The number of halogens is 1. The van der Waals surface area contributed by atoms with Gasteiger partial charge in [-0.05, 0) is 37.6 Å². The summed E-state index contributed by atoms with van der Waals surface area (Å²) in [7, 11) is -4.11. The molecule has 0 unspecified atom stereocenters.